The Morgan fingerprint density at radius 2 is 2.16 bits per heavy atom. The largest absolute Gasteiger partial charge is 0.354 e. The summed E-state index contributed by atoms with van der Waals surface area (Å²) in [5.74, 6) is 1.39. The monoisotopic (exact) mass is 452 g/mol. The lowest BCUT2D eigenvalue weighted by Crippen LogP contribution is -2.27. The van der Waals surface area contributed by atoms with Gasteiger partial charge in [0.2, 0.25) is 0 Å². The van der Waals surface area contributed by atoms with Gasteiger partial charge in [-0.15, -0.1) is 0 Å². The summed E-state index contributed by atoms with van der Waals surface area (Å²) >= 11 is 8.32. The van der Waals surface area contributed by atoms with Gasteiger partial charge in [-0.25, -0.2) is 9.97 Å². The Morgan fingerprint density at radius 3 is 2.84 bits per heavy atom. The third-order valence-electron chi connectivity index (χ3n) is 5.78. The number of anilines is 1. The van der Waals surface area contributed by atoms with Crippen LogP contribution in [0.25, 0.3) is 17.1 Å². The number of fused-ring (bicyclic) bond motifs is 1. The molecule has 0 amide bonds. The molecule has 8 heteroatoms. The molecule has 1 saturated heterocycles. The molecule has 2 aliphatic rings. The standard InChI is InChI=1S/C23H25ClN6S/c1-3-4-5-17-13(2)10-16(11-26-17)31-23-28-21-18(19(24)20(27-21)14-6-7-14)22(29-23)30-9-8-15(25)12-30/h3-5,10-11,14-15H,1,6-9,12,25H2,2H3,(H,27,28,29)/b5-4-/t15-/m1/s1. The lowest BCUT2D eigenvalue weighted by molar-refractivity contribution is 0.751. The highest BCUT2D eigenvalue weighted by atomic mass is 35.5. The molecule has 0 bridgehead atoms. The molecular formula is C23H25ClN6S. The van der Waals surface area contributed by atoms with Crippen molar-refractivity contribution in [3.63, 3.8) is 0 Å². The number of rotatable bonds is 6. The van der Waals surface area contributed by atoms with E-state index in [-0.39, 0.29) is 6.04 Å². The first-order valence-corrected chi connectivity index (χ1v) is 11.8. The van der Waals surface area contributed by atoms with Crippen molar-refractivity contribution in [3.05, 3.63) is 53.0 Å². The van der Waals surface area contributed by atoms with E-state index in [0.717, 1.165) is 63.2 Å². The van der Waals surface area contributed by atoms with Crippen LogP contribution < -0.4 is 10.6 Å². The minimum Gasteiger partial charge on any atom is -0.354 e. The maximum Gasteiger partial charge on any atom is 0.196 e. The van der Waals surface area contributed by atoms with E-state index in [1.807, 2.05) is 25.3 Å². The number of nitrogens with one attached hydrogen (secondary N) is 1. The van der Waals surface area contributed by atoms with E-state index >= 15 is 0 Å². The SMILES string of the molecule is C=C/C=C\c1ncc(Sc2nc(N3CC[C@@H](N)C3)c3c(Cl)c(C4CC4)[nH]c3n2)cc1C. The molecule has 1 atom stereocenters. The van der Waals surface area contributed by atoms with Gasteiger partial charge in [0.25, 0.3) is 0 Å². The number of aromatic nitrogens is 4. The second-order valence-electron chi connectivity index (χ2n) is 8.25. The molecule has 0 unspecified atom stereocenters. The van der Waals surface area contributed by atoms with E-state index in [1.54, 1.807) is 6.08 Å². The molecule has 1 saturated carbocycles. The molecule has 1 aliphatic carbocycles. The molecule has 3 N–H and O–H groups in total. The molecule has 4 heterocycles. The van der Waals surface area contributed by atoms with Crippen molar-refractivity contribution in [3.8, 4) is 0 Å². The van der Waals surface area contributed by atoms with Gasteiger partial charge in [0, 0.05) is 41.8 Å². The summed E-state index contributed by atoms with van der Waals surface area (Å²) in [6, 6.07) is 2.27. The van der Waals surface area contributed by atoms with Gasteiger partial charge >= 0.3 is 0 Å². The van der Waals surface area contributed by atoms with E-state index in [0.29, 0.717) is 11.1 Å². The van der Waals surface area contributed by atoms with Gasteiger partial charge in [-0.1, -0.05) is 30.3 Å². The summed E-state index contributed by atoms with van der Waals surface area (Å²) < 4.78 is 0. The lowest BCUT2D eigenvalue weighted by Gasteiger charge is -2.18. The molecule has 2 fully saturated rings. The molecule has 6 nitrogen and oxygen atoms in total. The molecule has 31 heavy (non-hydrogen) atoms. The Kier molecular flexibility index (Phi) is 5.50. The van der Waals surface area contributed by atoms with Crippen LogP contribution in [0.1, 0.15) is 42.1 Å². The number of aryl methyl sites for hydroxylation is 1. The Morgan fingerprint density at radius 1 is 1.32 bits per heavy atom. The Balaban J connectivity index is 1.54. The van der Waals surface area contributed by atoms with Crippen LogP contribution in [0.2, 0.25) is 5.02 Å². The second-order valence-corrected chi connectivity index (χ2v) is 9.66. The first-order valence-electron chi connectivity index (χ1n) is 10.6. The number of nitrogens with zero attached hydrogens (tertiary/aromatic N) is 4. The highest BCUT2D eigenvalue weighted by Crippen LogP contribution is 2.47. The molecule has 0 radical (unpaired) electrons. The number of halogens is 1. The van der Waals surface area contributed by atoms with Crippen LogP contribution in [0.5, 0.6) is 0 Å². The van der Waals surface area contributed by atoms with Gasteiger partial charge < -0.3 is 15.6 Å². The van der Waals surface area contributed by atoms with Crippen molar-refractivity contribution in [2.75, 3.05) is 18.0 Å². The zero-order valence-corrected chi connectivity index (χ0v) is 19.0. The topological polar surface area (TPSA) is 83.7 Å². The average Bonchev–Trinajstić information content (AvgIpc) is 3.41. The summed E-state index contributed by atoms with van der Waals surface area (Å²) in [7, 11) is 0. The third kappa shape index (κ3) is 4.10. The number of allylic oxidation sites excluding steroid dienone is 2. The average molecular weight is 453 g/mol. The first kappa shape index (κ1) is 20.5. The molecule has 3 aromatic rings. The Labute approximate surface area is 191 Å². The van der Waals surface area contributed by atoms with Crippen LogP contribution in [0.3, 0.4) is 0 Å². The summed E-state index contributed by atoms with van der Waals surface area (Å²) in [6.07, 6.45) is 10.7. The summed E-state index contributed by atoms with van der Waals surface area (Å²) in [4.78, 5) is 21.0. The van der Waals surface area contributed by atoms with Crippen LogP contribution >= 0.6 is 23.4 Å². The molecule has 1 aliphatic heterocycles. The van der Waals surface area contributed by atoms with Gasteiger partial charge in [-0.2, -0.15) is 0 Å². The number of hydrogen-bond acceptors (Lipinski definition) is 6. The van der Waals surface area contributed by atoms with Crippen molar-refractivity contribution >= 4 is 46.3 Å². The maximum atomic E-state index is 6.81. The first-order chi connectivity index (χ1) is 15.0. The number of hydrogen-bond donors (Lipinski definition) is 2. The van der Waals surface area contributed by atoms with Crippen molar-refractivity contribution < 1.29 is 0 Å². The van der Waals surface area contributed by atoms with E-state index < -0.39 is 0 Å². The minimum absolute atomic E-state index is 0.157. The fraction of sp³-hybridized carbons (Fsp3) is 0.348. The van der Waals surface area contributed by atoms with Gasteiger partial charge in [0.15, 0.2) is 5.16 Å². The normalized spacial score (nSPS) is 19.1. The van der Waals surface area contributed by atoms with Crippen molar-refractivity contribution in [2.45, 2.75) is 48.2 Å². The smallest absolute Gasteiger partial charge is 0.196 e. The number of aromatic amines is 1. The molecule has 3 aromatic heterocycles. The van der Waals surface area contributed by atoms with Crippen molar-refractivity contribution in [1.82, 2.24) is 19.9 Å². The zero-order valence-electron chi connectivity index (χ0n) is 17.4. The quantitative estimate of drug-likeness (QED) is 0.400. The van der Waals surface area contributed by atoms with Crippen LogP contribution in [0, 0.1) is 6.92 Å². The summed E-state index contributed by atoms with van der Waals surface area (Å²) in [6.45, 7) is 7.42. The number of H-pyrrole nitrogens is 1. The van der Waals surface area contributed by atoms with Gasteiger partial charge in [0.05, 0.1) is 16.1 Å². The van der Waals surface area contributed by atoms with Crippen LogP contribution in [-0.4, -0.2) is 39.1 Å². The van der Waals surface area contributed by atoms with Crippen LogP contribution in [0.4, 0.5) is 5.82 Å². The van der Waals surface area contributed by atoms with Crippen molar-refractivity contribution in [2.24, 2.45) is 5.73 Å². The predicted molar refractivity (Wildman–Crippen MR) is 128 cm³/mol. The molecule has 0 spiro atoms. The van der Waals surface area contributed by atoms with E-state index in [9.17, 15) is 0 Å². The fourth-order valence-corrected chi connectivity index (χ4v) is 5.20. The predicted octanol–water partition coefficient (Wildman–Crippen LogP) is 5.08. The summed E-state index contributed by atoms with van der Waals surface area (Å²) in [5, 5.41) is 2.36. The van der Waals surface area contributed by atoms with E-state index in [2.05, 4.69) is 27.5 Å². The highest BCUT2D eigenvalue weighted by molar-refractivity contribution is 7.99. The molecule has 0 aromatic carbocycles. The third-order valence-corrected chi connectivity index (χ3v) is 7.00. The lowest BCUT2D eigenvalue weighted by atomic mass is 10.2. The van der Waals surface area contributed by atoms with Gasteiger partial charge in [-0.3, -0.25) is 4.98 Å². The minimum atomic E-state index is 0.157. The summed E-state index contributed by atoms with van der Waals surface area (Å²) in [5.41, 5.74) is 10.1. The van der Waals surface area contributed by atoms with E-state index in [1.165, 1.54) is 24.6 Å². The zero-order chi connectivity index (χ0) is 21.5. The fourth-order valence-electron chi connectivity index (χ4n) is 4.00. The molecule has 5 rings (SSSR count). The van der Waals surface area contributed by atoms with E-state index in [4.69, 9.17) is 27.3 Å². The number of nitrogens with two attached hydrogens (primary N) is 1. The van der Waals surface area contributed by atoms with Crippen LogP contribution in [-0.2, 0) is 0 Å². The Hall–Kier alpha value is -2.35. The number of pyridine rings is 1. The highest BCUT2D eigenvalue weighted by Gasteiger charge is 2.32. The van der Waals surface area contributed by atoms with Crippen LogP contribution in [0.15, 0.2) is 41.0 Å². The van der Waals surface area contributed by atoms with Crippen molar-refractivity contribution in [1.29, 1.82) is 0 Å². The molecular weight excluding hydrogens is 428 g/mol. The second kappa shape index (κ2) is 8.30. The Bertz CT molecular complexity index is 1180. The van der Waals surface area contributed by atoms with Gasteiger partial charge in [0.1, 0.15) is 11.5 Å². The van der Waals surface area contributed by atoms with Gasteiger partial charge in [-0.05, 0) is 55.7 Å². The molecule has 160 valence electrons. The maximum absolute atomic E-state index is 6.81.